The summed E-state index contributed by atoms with van der Waals surface area (Å²) in [7, 11) is 1.31. The summed E-state index contributed by atoms with van der Waals surface area (Å²) in [5.74, 6) is -2.03. The molecule has 1 aromatic carbocycles. The van der Waals surface area contributed by atoms with E-state index in [-0.39, 0.29) is 30.2 Å². The Balaban J connectivity index is 2.61. The van der Waals surface area contributed by atoms with Crippen molar-refractivity contribution < 1.29 is 23.8 Å². The van der Waals surface area contributed by atoms with Crippen LogP contribution in [-0.4, -0.2) is 30.6 Å². The zero-order chi connectivity index (χ0) is 14.4. The van der Waals surface area contributed by atoms with Gasteiger partial charge in [0.1, 0.15) is 0 Å². The number of carbonyl (C=O) groups excluding carboxylic acids is 1. The average molecular weight is 269 g/mol. The molecular formula is C13H16FNO4. The number of carboxylic acid groups (broad SMARTS) is 1. The van der Waals surface area contributed by atoms with Crippen LogP contribution in [0, 0.1) is 11.7 Å². The van der Waals surface area contributed by atoms with E-state index in [1.807, 2.05) is 0 Å². The minimum Gasteiger partial charge on any atom is -0.494 e. The third-order valence-electron chi connectivity index (χ3n) is 2.55. The van der Waals surface area contributed by atoms with Crippen molar-refractivity contribution in [3.8, 4) is 5.75 Å². The van der Waals surface area contributed by atoms with E-state index < -0.39 is 17.7 Å². The van der Waals surface area contributed by atoms with E-state index in [0.717, 1.165) is 6.07 Å². The molecule has 19 heavy (non-hydrogen) atoms. The molecule has 6 heteroatoms. The normalized spacial score (nSPS) is 11.7. The van der Waals surface area contributed by atoms with Crippen LogP contribution in [-0.2, 0) is 4.79 Å². The Kier molecular flexibility index (Phi) is 5.29. The Bertz CT molecular complexity index is 476. The lowest BCUT2D eigenvalue weighted by atomic mass is 10.1. The molecule has 0 spiro atoms. The van der Waals surface area contributed by atoms with Gasteiger partial charge in [-0.25, -0.2) is 4.39 Å². The van der Waals surface area contributed by atoms with Gasteiger partial charge in [0.25, 0.3) is 5.91 Å². The minimum atomic E-state index is -0.912. The summed E-state index contributed by atoms with van der Waals surface area (Å²) in [5, 5.41) is 11.2. The molecule has 0 saturated carbocycles. The first-order valence-electron chi connectivity index (χ1n) is 5.77. The topological polar surface area (TPSA) is 75.6 Å². The number of benzene rings is 1. The lowest BCUT2D eigenvalue weighted by molar-refractivity contribution is -0.137. The highest BCUT2D eigenvalue weighted by Gasteiger charge is 2.12. The fourth-order valence-electron chi connectivity index (χ4n) is 1.54. The number of nitrogens with one attached hydrogen (secondary N) is 1. The largest absolute Gasteiger partial charge is 0.494 e. The van der Waals surface area contributed by atoms with E-state index in [4.69, 9.17) is 9.84 Å². The highest BCUT2D eigenvalue weighted by molar-refractivity contribution is 5.94. The van der Waals surface area contributed by atoms with Gasteiger partial charge < -0.3 is 15.2 Å². The first-order chi connectivity index (χ1) is 8.93. The van der Waals surface area contributed by atoms with Crippen molar-refractivity contribution in [2.24, 2.45) is 5.92 Å². The first-order valence-corrected chi connectivity index (χ1v) is 5.77. The van der Waals surface area contributed by atoms with E-state index in [1.54, 1.807) is 6.92 Å². The molecule has 1 atom stereocenters. The number of hydrogen-bond donors (Lipinski definition) is 2. The fourth-order valence-corrected chi connectivity index (χ4v) is 1.54. The van der Waals surface area contributed by atoms with Gasteiger partial charge in [-0.15, -0.1) is 0 Å². The lowest BCUT2D eigenvalue weighted by Crippen LogP contribution is -2.29. The summed E-state index contributed by atoms with van der Waals surface area (Å²) in [5.41, 5.74) is 0.265. The molecule has 0 aliphatic carbocycles. The van der Waals surface area contributed by atoms with Crippen LogP contribution in [0.3, 0.4) is 0 Å². The summed E-state index contributed by atoms with van der Waals surface area (Å²) in [4.78, 5) is 22.3. The molecule has 0 aliphatic heterocycles. The van der Waals surface area contributed by atoms with Crippen LogP contribution in [0.5, 0.6) is 5.75 Å². The summed E-state index contributed by atoms with van der Waals surface area (Å²) >= 11 is 0. The molecule has 0 aromatic heterocycles. The van der Waals surface area contributed by atoms with Crippen LogP contribution < -0.4 is 10.1 Å². The molecule has 1 amide bonds. The Morgan fingerprint density at radius 3 is 2.74 bits per heavy atom. The minimum absolute atomic E-state index is 0.00812. The number of rotatable bonds is 6. The molecule has 104 valence electrons. The molecule has 5 nitrogen and oxygen atoms in total. The quantitative estimate of drug-likeness (QED) is 0.823. The van der Waals surface area contributed by atoms with Gasteiger partial charge in [-0.2, -0.15) is 0 Å². The zero-order valence-electron chi connectivity index (χ0n) is 10.8. The summed E-state index contributed by atoms with van der Waals surface area (Å²) in [6.07, 6.45) is -0.0208. The smallest absolute Gasteiger partial charge is 0.303 e. The van der Waals surface area contributed by atoms with E-state index in [0.29, 0.717) is 0 Å². The van der Waals surface area contributed by atoms with Gasteiger partial charge in [-0.1, -0.05) is 6.92 Å². The van der Waals surface area contributed by atoms with E-state index in [1.165, 1.54) is 19.2 Å². The molecule has 1 rings (SSSR count). The second kappa shape index (κ2) is 6.72. The van der Waals surface area contributed by atoms with Gasteiger partial charge >= 0.3 is 5.97 Å². The van der Waals surface area contributed by atoms with Gasteiger partial charge in [-0.3, -0.25) is 9.59 Å². The monoisotopic (exact) mass is 269 g/mol. The maximum absolute atomic E-state index is 13.2. The van der Waals surface area contributed by atoms with Crippen molar-refractivity contribution in [2.45, 2.75) is 13.3 Å². The van der Waals surface area contributed by atoms with Gasteiger partial charge in [-0.05, 0) is 24.1 Å². The van der Waals surface area contributed by atoms with Crippen LogP contribution in [0.4, 0.5) is 4.39 Å². The van der Waals surface area contributed by atoms with Gasteiger partial charge in [0, 0.05) is 18.5 Å². The predicted octanol–water partition coefficient (Wildman–Crippen LogP) is 1.67. The van der Waals surface area contributed by atoms with Crippen molar-refractivity contribution in [2.75, 3.05) is 13.7 Å². The highest BCUT2D eigenvalue weighted by atomic mass is 19.1. The molecule has 0 saturated heterocycles. The van der Waals surface area contributed by atoms with E-state index in [2.05, 4.69) is 5.32 Å². The maximum Gasteiger partial charge on any atom is 0.303 e. The fraction of sp³-hybridized carbons (Fsp3) is 0.385. The van der Waals surface area contributed by atoms with Crippen molar-refractivity contribution in [3.05, 3.63) is 29.6 Å². The Labute approximate surface area is 110 Å². The van der Waals surface area contributed by atoms with Crippen LogP contribution in [0.15, 0.2) is 18.2 Å². The van der Waals surface area contributed by atoms with Crippen LogP contribution in [0.2, 0.25) is 0 Å². The standard InChI is InChI=1S/C13H16FNO4/c1-8(5-12(16)17)7-15-13(18)9-3-4-10(14)11(6-9)19-2/h3-4,6,8H,5,7H2,1-2H3,(H,15,18)(H,16,17). The highest BCUT2D eigenvalue weighted by Crippen LogP contribution is 2.18. The van der Waals surface area contributed by atoms with Crippen LogP contribution >= 0.6 is 0 Å². The Hall–Kier alpha value is -2.11. The molecule has 0 bridgehead atoms. The number of amides is 1. The molecule has 1 aromatic rings. The van der Waals surface area contributed by atoms with Crippen LogP contribution in [0.25, 0.3) is 0 Å². The third kappa shape index (κ3) is 4.57. The summed E-state index contributed by atoms with van der Waals surface area (Å²) in [6.45, 7) is 1.96. The number of hydrogen-bond acceptors (Lipinski definition) is 3. The molecule has 0 aliphatic rings. The average Bonchev–Trinajstić information content (AvgIpc) is 2.35. The van der Waals surface area contributed by atoms with Crippen molar-refractivity contribution in [3.63, 3.8) is 0 Å². The van der Waals surface area contributed by atoms with Crippen molar-refractivity contribution in [1.29, 1.82) is 0 Å². The summed E-state index contributed by atoms with van der Waals surface area (Å²) in [6, 6.07) is 3.79. The van der Waals surface area contributed by atoms with Gasteiger partial charge in [0.15, 0.2) is 11.6 Å². The molecule has 1 unspecified atom stereocenters. The van der Waals surface area contributed by atoms with Crippen molar-refractivity contribution >= 4 is 11.9 Å². The number of methoxy groups -OCH3 is 1. The lowest BCUT2D eigenvalue weighted by Gasteiger charge is -2.11. The summed E-state index contributed by atoms with van der Waals surface area (Å²) < 4.78 is 18.0. The third-order valence-corrected chi connectivity index (χ3v) is 2.55. The SMILES string of the molecule is COc1cc(C(=O)NCC(C)CC(=O)O)ccc1F. The molecule has 0 heterocycles. The van der Waals surface area contributed by atoms with Crippen molar-refractivity contribution in [1.82, 2.24) is 5.32 Å². The number of carbonyl (C=O) groups is 2. The van der Waals surface area contributed by atoms with E-state index in [9.17, 15) is 14.0 Å². The zero-order valence-corrected chi connectivity index (χ0v) is 10.8. The van der Waals surface area contributed by atoms with E-state index >= 15 is 0 Å². The van der Waals surface area contributed by atoms with Gasteiger partial charge in [0.2, 0.25) is 0 Å². The van der Waals surface area contributed by atoms with Crippen LogP contribution in [0.1, 0.15) is 23.7 Å². The molecule has 0 radical (unpaired) electrons. The number of carboxylic acids is 1. The first kappa shape index (κ1) is 14.9. The second-order valence-electron chi connectivity index (χ2n) is 4.26. The molecule has 0 fully saturated rings. The number of halogens is 1. The van der Waals surface area contributed by atoms with Gasteiger partial charge in [0.05, 0.1) is 7.11 Å². The molecular weight excluding hydrogens is 253 g/mol. The molecule has 2 N–H and O–H groups in total. The number of ether oxygens (including phenoxy) is 1. The second-order valence-corrected chi connectivity index (χ2v) is 4.26. The predicted molar refractivity (Wildman–Crippen MR) is 66.7 cm³/mol. The Morgan fingerprint density at radius 2 is 2.16 bits per heavy atom. The Morgan fingerprint density at radius 1 is 1.47 bits per heavy atom. The number of aliphatic carboxylic acids is 1. The maximum atomic E-state index is 13.2.